The molecule has 2 unspecified atom stereocenters. The second kappa shape index (κ2) is 83.6. The average molecular weight is 982 g/mol. The third-order valence-corrected chi connectivity index (χ3v) is 8.87. The Morgan fingerprint density at radius 3 is 1.21 bits per heavy atom. The first-order valence-corrected chi connectivity index (χ1v) is 24.8. The van der Waals surface area contributed by atoms with Crippen molar-refractivity contribution in [3.8, 4) is 0 Å². The number of nitrogens with one attached hydrogen (secondary N) is 5. The normalized spacial score (nSPS) is 10.5. The third-order valence-electron chi connectivity index (χ3n) is 8.87. The van der Waals surface area contributed by atoms with Crippen LogP contribution in [0.5, 0.6) is 0 Å². The Bertz CT molecular complexity index is 946. The predicted octanol–water partition coefficient (Wildman–Crippen LogP) is 4.97. The number of ether oxygens (including phenoxy) is 4. The number of likely N-dealkylation sites (N-methyl/N-ethyl adjacent to an activating group) is 1. The van der Waals surface area contributed by atoms with Crippen molar-refractivity contribution in [3.05, 3.63) is 0 Å². The summed E-state index contributed by atoms with van der Waals surface area (Å²) in [6, 6.07) is -0.975. The van der Waals surface area contributed by atoms with Crippen LogP contribution in [0.25, 0.3) is 0 Å². The molecule has 2 radical (unpaired) electrons. The number of hydrogen-bond donors (Lipinski definition) is 8. The standard InChI is InChI=1S/C18H34O2.C7H15BN2O2.C7H13NO4.C7H15NO3.C6H13NO2.C2H6.CH4O/c19-17-15-13-11-9-7-5-3-1-2-4-6-8-10-12-14-16-18-20;1-9-5-3-2-4-6(10-8)7(11)12;9-2-4-12-6-5-11-3-1-8-7-10;1-2-10-5-6-11-4-3-8-7-9;1-3-4-5(7-2)6(8)9;2*1-2/h17-18H,1-16H2;6,9-10H,2-5H2,1H3,(H,11,12);2,7H,1,3-6H2,(H,8,10);7H,2-6H2,1H3,(H,8,9);5,7H,3-4H2,1-2H3,(H,8,9);1-2H3;2H,1H3. The van der Waals surface area contributed by atoms with Crippen molar-refractivity contribution in [1.82, 2.24) is 26.5 Å². The summed E-state index contributed by atoms with van der Waals surface area (Å²) >= 11 is 0. The number of carbonyl (C=O) groups excluding carboxylic acids is 5. The molecule has 19 nitrogen and oxygen atoms in total. The lowest BCUT2D eigenvalue weighted by molar-refractivity contribution is -0.140. The van der Waals surface area contributed by atoms with Gasteiger partial charge in [-0.15, -0.1) is 0 Å². The van der Waals surface area contributed by atoms with Gasteiger partial charge in [-0.1, -0.05) is 111 Å². The Morgan fingerprint density at radius 1 is 0.515 bits per heavy atom. The van der Waals surface area contributed by atoms with Gasteiger partial charge in [-0.05, 0) is 59.7 Å². The molecular formula is C48H100BN5O14. The number of unbranched alkanes of at least 4 members (excludes halogenated alkanes) is 16. The van der Waals surface area contributed by atoms with E-state index in [0.717, 1.165) is 77.8 Å². The van der Waals surface area contributed by atoms with Gasteiger partial charge >= 0.3 is 11.9 Å². The summed E-state index contributed by atoms with van der Waals surface area (Å²) in [5.41, 5.74) is 0. The molecule has 0 spiro atoms. The lowest BCUT2D eigenvalue weighted by atomic mass is 10.0. The number of aliphatic hydroxyl groups is 1. The molecule has 0 aliphatic carbocycles. The zero-order valence-corrected chi connectivity index (χ0v) is 43.6. The lowest BCUT2D eigenvalue weighted by Crippen LogP contribution is -2.34. The van der Waals surface area contributed by atoms with Crippen molar-refractivity contribution in [2.75, 3.05) is 93.7 Å². The molecule has 0 aromatic rings. The third kappa shape index (κ3) is 89.2. The van der Waals surface area contributed by atoms with Gasteiger partial charge in [-0.2, -0.15) is 0 Å². The van der Waals surface area contributed by atoms with E-state index < -0.39 is 18.0 Å². The van der Waals surface area contributed by atoms with Crippen molar-refractivity contribution < 1.29 is 67.8 Å². The molecule has 404 valence electrons. The fourth-order valence-electron chi connectivity index (χ4n) is 5.28. The van der Waals surface area contributed by atoms with Gasteiger partial charge in [0.25, 0.3) is 0 Å². The zero-order chi connectivity index (χ0) is 52.8. The highest BCUT2D eigenvalue weighted by atomic mass is 16.5. The van der Waals surface area contributed by atoms with Gasteiger partial charge in [0.2, 0.25) is 12.8 Å². The highest BCUT2D eigenvalue weighted by molar-refractivity contribution is 6.06. The van der Waals surface area contributed by atoms with E-state index in [2.05, 4.69) is 26.5 Å². The molecule has 0 saturated heterocycles. The van der Waals surface area contributed by atoms with Gasteiger partial charge in [0.05, 0.1) is 45.7 Å². The molecule has 2 atom stereocenters. The first kappa shape index (κ1) is 78.8. The summed E-state index contributed by atoms with van der Waals surface area (Å²) in [4.78, 5) is 70.2. The van der Waals surface area contributed by atoms with Crippen LogP contribution in [0.4, 0.5) is 0 Å². The Balaban J connectivity index is -0.000000138. The van der Waals surface area contributed by atoms with Crippen LogP contribution in [0.2, 0.25) is 0 Å². The molecule has 0 aromatic carbocycles. The number of rotatable bonds is 45. The number of hydrogen-bond acceptors (Lipinski definition) is 15. The molecule has 2 amide bonds. The van der Waals surface area contributed by atoms with Crippen LogP contribution in [0.1, 0.15) is 163 Å². The molecular weight excluding hydrogens is 881 g/mol. The topological polar surface area (TPSA) is 277 Å². The van der Waals surface area contributed by atoms with Crippen LogP contribution in [0.15, 0.2) is 0 Å². The second-order valence-electron chi connectivity index (χ2n) is 14.3. The Labute approximate surface area is 413 Å². The Kier molecular flexibility index (Phi) is 96.9. The summed E-state index contributed by atoms with van der Waals surface area (Å²) < 4.78 is 19.9. The van der Waals surface area contributed by atoms with E-state index in [1.165, 1.54) is 77.0 Å². The van der Waals surface area contributed by atoms with Gasteiger partial charge in [-0.3, -0.25) is 19.2 Å². The van der Waals surface area contributed by atoms with Crippen LogP contribution < -0.4 is 26.5 Å². The quantitative estimate of drug-likeness (QED) is 0.0227. The monoisotopic (exact) mass is 982 g/mol. The van der Waals surface area contributed by atoms with Crippen molar-refractivity contribution >= 4 is 51.6 Å². The molecule has 0 bridgehead atoms. The molecule has 0 rings (SSSR count). The Morgan fingerprint density at radius 2 is 0.912 bits per heavy atom. The number of carboxylic acid groups (broad SMARTS) is 2. The first-order valence-electron chi connectivity index (χ1n) is 24.8. The minimum Gasteiger partial charge on any atom is -0.480 e. The summed E-state index contributed by atoms with van der Waals surface area (Å²) in [7, 11) is 9.57. The summed E-state index contributed by atoms with van der Waals surface area (Å²) in [5, 5.41) is 36.9. The molecule has 0 aliphatic rings. The minimum atomic E-state index is -0.887. The van der Waals surface area contributed by atoms with E-state index >= 15 is 0 Å². The van der Waals surface area contributed by atoms with E-state index in [1.807, 2.05) is 34.7 Å². The van der Waals surface area contributed by atoms with E-state index in [9.17, 15) is 33.6 Å². The highest BCUT2D eigenvalue weighted by Crippen LogP contribution is 2.13. The fourth-order valence-corrected chi connectivity index (χ4v) is 5.28. The SMILES string of the molecule is CC.CCCC(NC)C(=O)O.CCOCCOCCNC=O.CO.O=CCCCCCCCCCCCCCCCCC=O.O=CCOCCOCCNC=O.[B]NC(CCCCNC)C(=O)O. The fraction of sp³-hybridized carbons (Fsp3) is 0.854. The minimum absolute atomic E-state index is 0.107. The van der Waals surface area contributed by atoms with E-state index in [-0.39, 0.29) is 12.6 Å². The maximum absolute atomic E-state index is 10.4. The maximum atomic E-state index is 10.4. The smallest absolute Gasteiger partial charge is 0.320 e. The molecule has 0 saturated carbocycles. The molecule has 0 aliphatic heterocycles. The Hall–Kier alpha value is -3.37. The van der Waals surface area contributed by atoms with Gasteiger partial charge in [-0.25, -0.2) is 0 Å². The number of amides is 2. The summed E-state index contributed by atoms with van der Waals surface area (Å²) in [6.07, 6.45) is 27.7. The largest absolute Gasteiger partial charge is 0.480 e. The highest BCUT2D eigenvalue weighted by Gasteiger charge is 2.13. The first-order chi connectivity index (χ1) is 33.2. The van der Waals surface area contributed by atoms with Gasteiger partial charge in [0.1, 0.15) is 31.5 Å². The van der Waals surface area contributed by atoms with Crippen molar-refractivity contribution in [2.24, 2.45) is 0 Å². The number of aliphatic carboxylic acids is 2. The second-order valence-corrected chi connectivity index (χ2v) is 14.3. The molecule has 0 aromatic heterocycles. The predicted molar refractivity (Wildman–Crippen MR) is 272 cm³/mol. The summed E-state index contributed by atoms with van der Waals surface area (Å²) in [5.74, 6) is -1.65. The number of aliphatic hydroxyl groups excluding tert-OH is 1. The average Bonchev–Trinajstić information content (AvgIpc) is 3.35. The number of carbonyl (C=O) groups is 7. The van der Waals surface area contributed by atoms with Crippen LogP contribution in [0.3, 0.4) is 0 Å². The molecule has 68 heavy (non-hydrogen) atoms. The van der Waals surface area contributed by atoms with Gasteiger partial charge < -0.3 is 75.1 Å². The van der Waals surface area contributed by atoms with Gasteiger partial charge in [0.15, 0.2) is 7.98 Å². The molecule has 0 fully saturated rings. The van der Waals surface area contributed by atoms with Crippen LogP contribution in [-0.2, 0) is 52.5 Å². The molecule has 20 heteroatoms. The van der Waals surface area contributed by atoms with Crippen LogP contribution >= 0.6 is 0 Å². The number of carboxylic acids is 2. The maximum Gasteiger partial charge on any atom is 0.320 e. The van der Waals surface area contributed by atoms with Crippen molar-refractivity contribution in [2.45, 2.75) is 175 Å². The number of aldehydes is 3. The van der Waals surface area contributed by atoms with E-state index in [1.54, 1.807) is 7.05 Å². The summed E-state index contributed by atoms with van der Waals surface area (Å²) in [6.45, 7) is 13.8. The van der Waals surface area contributed by atoms with E-state index in [0.29, 0.717) is 84.7 Å². The molecule has 8 N–H and O–H groups in total. The van der Waals surface area contributed by atoms with Crippen molar-refractivity contribution in [1.29, 1.82) is 0 Å². The van der Waals surface area contributed by atoms with Crippen LogP contribution in [-0.4, -0.2) is 173 Å². The van der Waals surface area contributed by atoms with E-state index in [4.69, 9.17) is 42.2 Å². The van der Waals surface area contributed by atoms with Crippen molar-refractivity contribution in [3.63, 3.8) is 0 Å². The lowest BCUT2D eigenvalue weighted by Gasteiger charge is -2.10. The zero-order valence-electron chi connectivity index (χ0n) is 43.6. The van der Waals surface area contributed by atoms with Crippen LogP contribution in [0, 0.1) is 0 Å². The molecule has 0 heterocycles. The van der Waals surface area contributed by atoms with Gasteiger partial charge in [0, 0.05) is 39.6 Å².